The van der Waals surface area contributed by atoms with Crippen molar-refractivity contribution in [2.45, 2.75) is 6.42 Å². The van der Waals surface area contributed by atoms with Crippen molar-refractivity contribution in [1.29, 1.82) is 0 Å². The summed E-state index contributed by atoms with van der Waals surface area (Å²) in [6.07, 6.45) is 4.12. The maximum Gasteiger partial charge on any atom is 0.251 e. The first-order valence-electron chi connectivity index (χ1n) is 7.45. The van der Waals surface area contributed by atoms with Crippen LogP contribution in [0.15, 0.2) is 55.3 Å². The minimum Gasteiger partial charge on any atom is -0.497 e. The first-order valence-corrected chi connectivity index (χ1v) is 7.45. The number of methoxy groups -OCH3 is 1. The fourth-order valence-corrected chi connectivity index (χ4v) is 2.06. The van der Waals surface area contributed by atoms with E-state index in [1.54, 1.807) is 31.5 Å². The Morgan fingerprint density at radius 1 is 1.30 bits per heavy atom. The number of hydrogen-bond acceptors (Lipinski definition) is 4. The lowest BCUT2D eigenvalue weighted by Crippen LogP contribution is -2.25. The Kier molecular flexibility index (Phi) is 6.17. The molecule has 2 aromatic rings. The third kappa shape index (κ3) is 5.14. The Morgan fingerprint density at radius 2 is 2.09 bits per heavy atom. The number of nitrogens with one attached hydrogen (secondary N) is 2. The van der Waals surface area contributed by atoms with Crippen molar-refractivity contribution < 1.29 is 9.53 Å². The average molecular weight is 311 g/mol. The minimum absolute atomic E-state index is 0.109. The Bertz CT molecular complexity index is 654. The SMILES string of the molecule is C=CCNc1cc(C(=O)NCCc2ccc(OC)cc2)ccn1. The number of benzene rings is 1. The van der Waals surface area contributed by atoms with Gasteiger partial charge in [0.2, 0.25) is 0 Å². The van der Waals surface area contributed by atoms with Crippen molar-refractivity contribution in [3.05, 3.63) is 66.4 Å². The zero-order valence-corrected chi connectivity index (χ0v) is 13.2. The molecule has 0 saturated heterocycles. The number of carbonyl (C=O) groups excluding carboxylic acids is 1. The van der Waals surface area contributed by atoms with Gasteiger partial charge in [0.15, 0.2) is 0 Å². The predicted molar refractivity (Wildman–Crippen MR) is 92.0 cm³/mol. The van der Waals surface area contributed by atoms with Gasteiger partial charge in [-0.25, -0.2) is 4.98 Å². The number of nitrogens with zero attached hydrogens (tertiary/aromatic N) is 1. The van der Waals surface area contributed by atoms with E-state index >= 15 is 0 Å². The molecule has 2 rings (SSSR count). The summed E-state index contributed by atoms with van der Waals surface area (Å²) < 4.78 is 5.12. The first kappa shape index (κ1) is 16.5. The van der Waals surface area contributed by atoms with E-state index in [1.807, 2.05) is 24.3 Å². The van der Waals surface area contributed by atoms with Crippen LogP contribution in [0.3, 0.4) is 0 Å². The Balaban J connectivity index is 1.85. The van der Waals surface area contributed by atoms with Crippen LogP contribution < -0.4 is 15.4 Å². The molecule has 0 aliphatic carbocycles. The van der Waals surface area contributed by atoms with Crippen molar-refractivity contribution in [2.75, 3.05) is 25.5 Å². The molecule has 0 aliphatic rings. The summed E-state index contributed by atoms with van der Waals surface area (Å²) in [6.45, 7) is 4.82. The number of aromatic nitrogens is 1. The maximum atomic E-state index is 12.2. The Labute approximate surface area is 136 Å². The lowest BCUT2D eigenvalue weighted by molar-refractivity contribution is 0.0954. The summed E-state index contributed by atoms with van der Waals surface area (Å²) in [6, 6.07) is 11.2. The fourth-order valence-electron chi connectivity index (χ4n) is 2.06. The van der Waals surface area contributed by atoms with E-state index in [9.17, 15) is 4.79 Å². The summed E-state index contributed by atoms with van der Waals surface area (Å²) in [4.78, 5) is 16.3. The molecule has 5 nitrogen and oxygen atoms in total. The molecule has 0 unspecified atom stereocenters. The van der Waals surface area contributed by atoms with E-state index in [1.165, 1.54) is 0 Å². The number of ether oxygens (including phenoxy) is 1. The van der Waals surface area contributed by atoms with Gasteiger partial charge in [-0.15, -0.1) is 6.58 Å². The monoisotopic (exact) mass is 311 g/mol. The molecule has 1 aromatic carbocycles. The van der Waals surface area contributed by atoms with Gasteiger partial charge in [-0.1, -0.05) is 18.2 Å². The minimum atomic E-state index is -0.109. The number of pyridine rings is 1. The van der Waals surface area contributed by atoms with Crippen LogP contribution in [0.25, 0.3) is 0 Å². The molecule has 120 valence electrons. The summed E-state index contributed by atoms with van der Waals surface area (Å²) in [5.41, 5.74) is 1.73. The van der Waals surface area contributed by atoms with Crippen LogP contribution in [0.5, 0.6) is 5.75 Å². The largest absolute Gasteiger partial charge is 0.497 e. The van der Waals surface area contributed by atoms with Crippen molar-refractivity contribution in [2.24, 2.45) is 0 Å². The topological polar surface area (TPSA) is 63.2 Å². The predicted octanol–water partition coefficient (Wildman–Crippen LogP) is 2.66. The first-order chi connectivity index (χ1) is 11.2. The molecule has 1 amide bonds. The third-order valence-corrected chi connectivity index (χ3v) is 3.31. The molecule has 2 N–H and O–H groups in total. The molecule has 1 heterocycles. The fraction of sp³-hybridized carbons (Fsp3) is 0.222. The molecule has 5 heteroatoms. The van der Waals surface area contributed by atoms with E-state index in [4.69, 9.17) is 4.74 Å². The van der Waals surface area contributed by atoms with Gasteiger partial charge in [-0.2, -0.15) is 0 Å². The molecule has 0 radical (unpaired) electrons. The summed E-state index contributed by atoms with van der Waals surface area (Å²) in [5, 5.41) is 5.97. The molecule has 0 bridgehead atoms. The van der Waals surface area contributed by atoms with Crippen LogP contribution >= 0.6 is 0 Å². The van der Waals surface area contributed by atoms with Crippen LogP contribution in [0, 0.1) is 0 Å². The second-order valence-corrected chi connectivity index (χ2v) is 4.95. The smallest absolute Gasteiger partial charge is 0.251 e. The molecule has 23 heavy (non-hydrogen) atoms. The number of anilines is 1. The van der Waals surface area contributed by atoms with Crippen molar-refractivity contribution in [3.8, 4) is 5.75 Å². The standard InChI is InChI=1S/C18H21N3O2/c1-3-10-19-17-13-15(9-12-20-17)18(22)21-11-8-14-4-6-16(23-2)7-5-14/h3-7,9,12-13H,1,8,10-11H2,2H3,(H,19,20)(H,21,22). The molecule has 0 spiro atoms. The van der Waals surface area contributed by atoms with Gasteiger partial charge in [-0.3, -0.25) is 4.79 Å². The number of hydrogen-bond donors (Lipinski definition) is 2. The molecule has 0 fully saturated rings. The normalized spacial score (nSPS) is 9.96. The summed E-state index contributed by atoms with van der Waals surface area (Å²) in [5.74, 6) is 1.38. The lowest BCUT2D eigenvalue weighted by Gasteiger charge is -2.08. The second-order valence-electron chi connectivity index (χ2n) is 4.95. The van der Waals surface area contributed by atoms with Gasteiger partial charge in [0, 0.05) is 24.8 Å². The molecule has 0 atom stereocenters. The number of amides is 1. The Morgan fingerprint density at radius 3 is 2.78 bits per heavy atom. The van der Waals surface area contributed by atoms with Crippen LogP contribution in [0.1, 0.15) is 15.9 Å². The number of rotatable bonds is 8. The second kappa shape index (κ2) is 8.58. The van der Waals surface area contributed by atoms with Gasteiger partial charge in [-0.05, 0) is 36.2 Å². The average Bonchev–Trinajstić information content (AvgIpc) is 2.60. The van der Waals surface area contributed by atoms with E-state index in [0.29, 0.717) is 24.5 Å². The van der Waals surface area contributed by atoms with Crippen LogP contribution in [-0.4, -0.2) is 31.1 Å². The maximum absolute atomic E-state index is 12.2. The lowest BCUT2D eigenvalue weighted by atomic mass is 10.1. The molecular weight excluding hydrogens is 290 g/mol. The Hall–Kier alpha value is -2.82. The highest BCUT2D eigenvalue weighted by molar-refractivity contribution is 5.94. The van der Waals surface area contributed by atoms with Crippen LogP contribution in [0.2, 0.25) is 0 Å². The van der Waals surface area contributed by atoms with Crippen molar-refractivity contribution in [1.82, 2.24) is 10.3 Å². The molecule has 1 aromatic heterocycles. The number of carbonyl (C=O) groups is 1. The highest BCUT2D eigenvalue weighted by Gasteiger charge is 2.06. The highest BCUT2D eigenvalue weighted by atomic mass is 16.5. The highest BCUT2D eigenvalue weighted by Crippen LogP contribution is 2.11. The molecular formula is C18H21N3O2. The quantitative estimate of drug-likeness (QED) is 0.736. The van der Waals surface area contributed by atoms with Gasteiger partial charge in [0.25, 0.3) is 5.91 Å². The van der Waals surface area contributed by atoms with E-state index in [0.717, 1.165) is 17.7 Å². The summed E-state index contributed by atoms with van der Waals surface area (Å²) >= 11 is 0. The molecule has 0 aliphatic heterocycles. The zero-order valence-electron chi connectivity index (χ0n) is 13.2. The van der Waals surface area contributed by atoms with Crippen LogP contribution in [-0.2, 0) is 6.42 Å². The zero-order chi connectivity index (χ0) is 16.5. The van der Waals surface area contributed by atoms with Crippen molar-refractivity contribution >= 4 is 11.7 Å². The van der Waals surface area contributed by atoms with Gasteiger partial charge >= 0.3 is 0 Å². The van der Waals surface area contributed by atoms with Crippen molar-refractivity contribution in [3.63, 3.8) is 0 Å². The third-order valence-electron chi connectivity index (χ3n) is 3.31. The van der Waals surface area contributed by atoms with E-state index < -0.39 is 0 Å². The van der Waals surface area contributed by atoms with E-state index in [2.05, 4.69) is 22.2 Å². The van der Waals surface area contributed by atoms with Gasteiger partial charge in [0.1, 0.15) is 11.6 Å². The van der Waals surface area contributed by atoms with E-state index in [-0.39, 0.29) is 5.91 Å². The van der Waals surface area contributed by atoms with Gasteiger partial charge in [0.05, 0.1) is 7.11 Å². The van der Waals surface area contributed by atoms with Crippen LogP contribution in [0.4, 0.5) is 5.82 Å². The molecule has 0 saturated carbocycles. The summed E-state index contributed by atoms with van der Waals surface area (Å²) in [7, 11) is 1.64. The van der Waals surface area contributed by atoms with Gasteiger partial charge < -0.3 is 15.4 Å².